The molecule has 0 aromatic carbocycles. The predicted molar refractivity (Wildman–Crippen MR) is 180 cm³/mol. The Hall–Kier alpha value is -3.67. The third-order valence-electron chi connectivity index (χ3n) is 10.3. The van der Waals surface area contributed by atoms with Crippen molar-refractivity contribution in [3.8, 4) is 0 Å². The SMILES string of the molecule is C=C1CC(C)CC(CC)(CN2CCN(c3ccc4c(n3)N3C[C@@H](CCCNc5cccc(n5)S(=O)(=O)NC4=O)CC3(C)C)C2=O)C1. The van der Waals surface area contributed by atoms with E-state index in [1.165, 1.54) is 11.6 Å². The summed E-state index contributed by atoms with van der Waals surface area (Å²) < 4.78 is 28.8. The lowest BCUT2D eigenvalue weighted by molar-refractivity contribution is 0.0981. The van der Waals surface area contributed by atoms with Crippen LogP contribution < -0.4 is 19.8 Å². The van der Waals surface area contributed by atoms with Crippen LogP contribution in [0.1, 0.15) is 83.0 Å². The van der Waals surface area contributed by atoms with Crippen molar-refractivity contribution in [2.75, 3.05) is 47.8 Å². The van der Waals surface area contributed by atoms with Crippen LogP contribution in [0.25, 0.3) is 0 Å². The minimum Gasteiger partial charge on any atom is -0.370 e. The van der Waals surface area contributed by atoms with Crippen LogP contribution in [0.5, 0.6) is 0 Å². The lowest BCUT2D eigenvalue weighted by atomic mass is 9.66. The number of sulfonamides is 1. The standard InChI is InChI=1S/C34H47N7O4S/c1-6-34(18-23(2)17-24(3)19-34)22-39-15-16-40(32(39)43)28-13-12-26-30(37-28)41-21-25(20-33(41,4)5)9-8-14-35-27-10-7-11-29(36-27)46(44,45)38-31(26)42/h7,10-13,24-25H,2,6,8-9,14-22H2,1,3-5H3,(H,35,36)(H,38,42)/t24?,25-,34?/m0/s1. The van der Waals surface area contributed by atoms with Crippen LogP contribution >= 0.6 is 0 Å². The number of anilines is 3. The van der Waals surface area contributed by atoms with E-state index in [-0.39, 0.29) is 27.6 Å². The Kier molecular flexibility index (Phi) is 8.54. The number of carbonyl (C=O) groups is 2. The molecule has 11 nitrogen and oxygen atoms in total. The first-order valence-electron chi connectivity index (χ1n) is 16.6. The van der Waals surface area contributed by atoms with Crippen molar-refractivity contribution in [3.63, 3.8) is 0 Å². The molecule has 3 aliphatic heterocycles. The molecule has 46 heavy (non-hydrogen) atoms. The molecule has 248 valence electrons. The summed E-state index contributed by atoms with van der Waals surface area (Å²) in [5.41, 5.74) is 1.09. The van der Waals surface area contributed by atoms with E-state index in [0.29, 0.717) is 62.0 Å². The van der Waals surface area contributed by atoms with Gasteiger partial charge in [0.05, 0.1) is 5.56 Å². The average molecular weight is 650 g/mol. The molecule has 0 radical (unpaired) electrons. The number of nitrogens with one attached hydrogen (secondary N) is 2. The highest BCUT2D eigenvalue weighted by Crippen LogP contribution is 2.45. The largest absolute Gasteiger partial charge is 0.370 e. The molecule has 3 atom stereocenters. The summed E-state index contributed by atoms with van der Waals surface area (Å²) >= 11 is 0. The number of allylic oxidation sites excluding steroid dienone is 1. The number of aromatic nitrogens is 2. The van der Waals surface area contributed by atoms with Gasteiger partial charge in [-0.3, -0.25) is 9.69 Å². The molecule has 0 spiro atoms. The molecule has 2 saturated heterocycles. The van der Waals surface area contributed by atoms with Gasteiger partial charge in [-0.25, -0.2) is 19.5 Å². The van der Waals surface area contributed by atoms with Gasteiger partial charge in [0.2, 0.25) is 0 Å². The zero-order chi connectivity index (χ0) is 32.9. The Balaban J connectivity index is 1.33. The summed E-state index contributed by atoms with van der Waals surface area (Å²) in [7, 11) is -4.26. The Bertz CT molecular complexity index is 1640. The van der Waals surface area contributed by atoms with Crippen LogP contribution in [0.2, 0.25) is 0 Å². The highest BCUT2D eigenvalue weighted by Gasteiger charge is 2.43. The van der Waals surface area contributed by atoms with E-state index in [4.69, 9.17) is 4.98 Å². The van der Waals surface area contributed by atoms with Gasteiger partial charge in [0.1, 0.15) is 17.5 Å². The Labute approximate surface area is 272 Å². The van der Waals surface area contributed by atoms with Crippen LogP contribution in [-0.2, 0) is 10.0 Å². The second-order valence-corrected chi connectivity index (χ2v) is 16.2. The maximum Gasteiger partial charge on any atom is 0.325 e. The van der Waals surface area contributed by atoms with Gasteiger partial charge in [0.15, 0.2) is 5.03 Å². The normalized spacial score (nSPS) is 27.8. The highest BCUT2D eigenvalue weighted by atomic mass is 32.2. The number of nitrogens with zero attached hydrogens (tertiary/aromatic N) is 5. The fourth-order valence-electron chi connectivity index (χ4n) is 8.25. The van der Waals surface area contributed by atoms with Crippen molar-refractivity contribution in [2.45, 2.75) is 83.2 Å². The Morgan fingerprint density at radius 1 is 1.09 bits per heavy atom. The molecule has 5 heterocycles. The number of amides is 3. The molecule has 1 aliphatic carbocycles. The highest BCUT2D eigenvalue weighted by molar-refractivity contribution is 7.90. The molecule has 1 saturated carbocycles. The zero-order valence-corrected chi connectivity index (χ0v) is 28.3. The van der Waals surface area contributed by atoms with E-state index in [9.17, 15) is 18.0 Å². The number of carbonyl (C=O) groups excluding carboxylic acids is 2. The molecule has 4 bridgehead atoms. The van der Waals surface area contributed by atoms with Crippen molar-refractivity contribution >= 4 is 39.4 Å². The topological polar surface area (TPSA) is 128 Å². The first-order valence-corrected chi connectivity index (χ1v) is 18.1. The second-order valence-electron chi connectivity index (χ2n) is 14.5. The predicted octanol–water partition coefficient (Wildman–Crippen LogP) is 5.42. The molecule has 2 unspecified atom stereocenters. The maximum atomic E-state index is 13.9. The molecular weight excluding hydrogens is 602 g/mol. The van der Waals surface area contributed by atoms with E-state index < -0.39 is 15.9 Å². The molecular formula is C34H47N7O4S. The van der Waals surface area contributed by atoms with E-state index in [1.807, 2.05) is 4.90 Å². The molecule has 2 N–H and O–H groups in total. The lowest BCUT2D eigenvalue weighted by Gasteiger charge is -2.42. The fraction of sp³-hybridized carbons (Fsp3) is 0.588. The number of hydrogen-bond donors (Lipinski definition) is 2. The van der Waals surface area contributed by atoms with E-state index >= 15 is 0 Å². The summed E-state index contributed by atoms with van der Waals surface area (Å²) in [6.07, 6.45) is 6.77. The quantitative estimate of drug-likeness (QED) is 0.421. The fourth-order valence-corrected chi connectivity index (χ4v) is 9.19. The third kappa shape index (κ3) is 6.32. The van der Waals surface area contributed by atoms with Crippen molar-refractivity contribution in [1.82, 2.24) is 19.6 Å². The molecule has 3 amide bonds. The molecule has 2 aromatic heterocycles. The zero-order valence-electron chi connectivity index (χ0n) is 27.5. The molecule has 2 aromatic rings. The van der Waals surface area contributed by atoms with Crippen LogP contribution in [0.3, 0.4) is 0 Å². The van der Waals surface area contributed by atoms with Gasteiger partial charge in [0.25, 0.3) is 15.9 Å². The van der Waals surface area contributed by atoms with E-state index in [2.05, 4.69) is 54.2 Å². The summed E-state index contributed by atoms with van der Waals surface area (Å²) in [6.45, 7) is 16.1. The van der Waals surface area contributed by atoms with Gasteiger partial charge < -0.3 is 15.1 Å². The van der Waals surface area contributed by atoms with Gasteiger partial charge in [-0.05, 0) is 100 Å². The third-order valence-corrected chi connectivity index (χ3v) is 11.6. The molecule has 3 fully saturated rings. The van der Waals surface area contributed by atoms with Gasteiger partial charge >= 0.3 is 6.03 Å². The van der Waals surface area contributed by atoms with Gasteiger partial charge in [-0.2, -0.15) is 8.42 Å². The van der Waals surface area contributed by atoms with Crippen LogP contribution in [0, 0.1) is 17.3 Å². The number of pyridine rings is 2. The number of urea groups is 1. The van der Waals surface area contributed by atoms with Crippen molar-refractivity contribution in [1.29, 1.82) is 0 Å². The van der Waals surface area contributed by atoms with Crippen LogP contribution in [-0.4, -0.2) is 73.5 Å². The summed E-state index contributed by atoms with van der Waals surface area (Å²) in [4.78, 5) is 42.6. The monoisotopic (exact) mass is 649 g/mol. The maximum absolute atomic E-state index is 13.9. The van der Waals surface area contributed by atoms with Crippen molar-refractivity contribution in [3.05, 3.63) is 48.0 Å². The van der Waals surface area contributed by atoms with Crippen LogP contribution in [0.4, 0.5) is 22.2 Å². The van der Waals surface area contributed by atoms with E-state index in [0.717, 1.165) is 44.9 Å². The minimum absolute atomic E-state index is 0.0202. The van der Waals surface area contributed by atoms with Gasteiger partial charge in [0, 0.05) is 38.3 Å². The second kappa shape index (κ2) is 12.2. The van der Waals surface area contributed by atoms with E-state index in [1.54, 1.807) is 29.2 Å². The lowest BCUT2D eigenvalue weighted by Crippen LogP contribution is -2.43. The first-order chi connectivity index (χ1) is 21.8. The smallest absolute Gasteiger partial charge is 0.325 e. The number of fused-ring (bicyclic) bond motifs is 6. The van der Waals surface area contributed by atoms with Crippen LogP contribution in [0.15, 0.2) is 47.5 Å². The molecule has 4 aliphatic rings. The first kappa shape index (κ1) is 32.3. The molecule has 6 rings (SSSR count). The van der Waals surface area contributed by atoms with Crippen molar-refractivity contribution < 1.29 is 18.0 Å². The summed E-state index contributed by atoms with van der Waals surface area (Å²) in [5.74, 6) is 1.42. The average Bonchev–Trinajstić information content (AvgIpc) is 3.51. The van der Waals surface area contributed by atoms with Gasteiger partial charge in [-0.1, -0.05) is 32.1 Å². The summed E-state index contributed by atoms with van der Waals surface area (Å²) in [6, 6.07) is 7.86. The Morgan fingerprint density at radius 2 is 1.89 bits per heavy atom. The number of hydrogen-bond acceptors (Lipinski definition) is 8. The minimum atomic E-state index is -4.26. The van der Waals surface area contributed by atoms with Crippen molar-refractivity contribution in [2.24, 2.45) is 17.3 Å². The molecule has 12 heteroatoms. The number of rotatable bonds is 4. The summed E-state index contributed by atoms with van der Waals surface area (Å²) in [5, 5.41) is 2.98. The van der Waals surface area contributed by atoms with Gasteiger partial charge in [-0.15, -0.1) is 0 Å². The Morgan fingerprint density at radius 3 is 2.65 bits per heavy atom.